The highest BCUT2D eigenvalue weighted by Crippen LogP contribution is 2.64. The fraction of sp³-hybridized carbons (Fsp3) is 0.0149. The molecule has 0 bridgehead atoms. The summed E-state index contributed by atoms with van der Waals surface area (Å²) in [4.78, 5) is 11.3. The molecular weight excluding hydrogens is 847 g/mol. The Morgan fingerprint density at radius 3 is 1.53 bits per heavy atom. The zero-order valence-electron chi connectivity index (χ0n) is 38.0. The summed E-state index contributed by atoms with van der Waals surface area (Å²) in [6.07, 6.45) is 0. The van der Waals surface area contributed by atoms with E-state index in [0.29, 0.717) is 5.82 Å². The lowest BCUT2D eigenvalue weighted by molar-refractivity contribution is 0.794. The van der Waals surface area contributed by atoms with Crippen molar-refractivity contribution in [2.75, 3.05) is 0 Å². The summed E-state index contributed by atoms with van der Waals surface area (Å²) in [5, 5.41) is 7.31. The molecule has 0 saturated carbocycles. The molecule has 2 aliphatic rings. The fourth-order valence-corrected chi connectivity index (χ4v) is 12.3. The molecule has 0 radical (unpaired) electrons. The van der Waals surface area contributed by atoms with Crippen molar-refractivity contribution < 1.29 is 0 Å². The van der Waals surface area contributed by atoms with Crippen molar-refractivity contribution in [3.8, 4) is 73.0 Å². The molecule has 2 aromatic heterocycles. The number of benzene rings is 11. The molecule has 15 rings (SSSR count). The molecule has 0 saturated heterocycles. The Hall–Kier alpha value is -9.18. The van der Waals surface area contributed by atoms with Gasteiger partial charge in [-0.2, -0.15) is 0 Å². The molecule has 2 aliphatic carbocycles. The van der Waals surface area contributed by atoms with Crippen LogP contribution in [0.1, 0.15) is 22.3 Å². The molecule has 1 spiro atoms. The van der Waals surface area contributed by atoms with E-state index in [1.165, 1.54) is 76.8 Å². The number of nitrogens with zero attached hydrogens (tertiary/aromatic N) is 3. The summed E-state index contributed by atoms with van der Waals surface area (Å²) in [7, 11) is 0. The lowest BCUT2D eigenvalue weighted by Crippen LogP contribution is -2.25. The van der Waals surface area contributed by atoms with Gasteiger partial charge in [0.1, 0.15) is 0 Å². The topological polar surface area (TPSA) is 30.7 Å². The van der Waals surface area contributed by atoms with E-state index in [0.717, 1.165) is 55.9 Å². The second-order valence-corrected chi connectivity index (χ2v) is 18.8. The molecule has 3 nitrogen and oxygen atoms in total. The molecule has 11 aromatic carbocycles. The van der Waals surface area contributed by atoms with Crippen molar-refractivity contribution in [2.24, 2.45) is 0 Å². The van der Waals surface area contributed by atoms with Crippen LogP contribution in [0.5, 0.6) is 0 Å². The lowest BCUT2D eigenvalue weighted by atomic mass is 9.70. The third kappa shape index (κ3) is 5.46. The van der Waals surface area contributed by atoms with Crippen molar-refractivity contribution in [1.29, 1.82) is 0 Å². The molecule has 0 aliphatic heterocycles. The van der Waals surface area contributed by atoms with Gasteiger partial charge >= 0.3 is 0 Å². The van der Waals surface area contributed by atoms with Crippen LogP contribution >= 0.6 is 0 Å². The van der Waals surface area contributed by atoms with Crippen molar-refractivity contribution >= 4 is 43.4 Å². The maximum Gasteiger partial charge on any atom is 0.160 e. The number of rotatable bonds is 5. The molecule has 3 heteroatoms. The quantitative estimate of drug-likeness (QED) is 0.161. The van der Waals surface area contributed by atoms with Crippen molar-refractivity contribution in [3.63, 3.8) is 0 Å². The predicted octanol–water partition coefficient (Wildman–Crippen LogP) is 16.9. The van der Waals surface area contributed by atoms with Crippen LogP contribution in [-0.4, -0.2) is 14.5 Å². The molecule has 0 fully saturated rings. The van der Waals surface area contributed by atoms with Crippen LogP contribution in [0.15, 0.2) is 249 Å². The predicted molar refractivity (Wildman–Crippen MR) is 289 cm³/mol. The maximum atomic E-state index is 5.73. The lowest BCUT2D eigenvalue weighted by Gasteiger charge is -2.30. The van der Waals surface area contributed by atoms with E-state index in [2.05, 4.69) is 253 Å². The Morgan fingerprint density at radius 1 is 0.300 bits per heavy atom. The number of hydrogen-bond acceptors (Lipinski definition) is 2. The normalized spacial score (nSPS) is 13.0. The molecule has 2 heterocycles. The third-order valence-corrected chi connectivity index (χ3v) is 15.2. The number of aromatic nitrogens is 3. The minimum absolute atomic E-state index is 0.471. The van der Waals surface area contributed by atoms with Crippen LogP contribution in [-0.2, 0) is 5.41 Å². The van der Waals surface area contributed by atoms with E-state index in [4.69, 9.17) is 9.97 Å². The van der Waals surface area contributed by atoms with Gasteiger partial charge in [0.25, 0.3) is 0 Å². The Labute approximate surface area is 405 Å². The van der Waals surface area contributed by atoms with Gasteiger partial charge in [0.2, 0.25) is 0 Å². The number of para-hydroxylation sites is 2. The Kier molecular flexibility index (Phi) is 8.28. The first-order chi connectivity index (χ1) is 34.7. The third-order valence-electron chi connectivity index (χ3n) is 15.2. The van der Waals surface area contributed by atoms with E-state index in [1.54, 1.807) is 0 Å². The van der Waals surface area contributed by atoms with Crippen LogP contribution in [0.25, 0.3) is 116 Å². The monoisotopic (exact) mass is 887 g/mol. The molecular formula is C67H41N3. The molecule has 13 aromatic rings. The zero-order chi connectivity index (χ0) is 45.9. The summed E-state index contributed by atoms with van der Waals surface area (Å²) in [6, 6.07) is 91.0. The largest absolute Gasteiger partial charge is 0.309 e. The molecule has 0 unspecified atom stereocenters. The van der Waals surface area contributed by atoms with Crippen LogP contribution in [0.3, 0.4) is 0 Å². The van der Waals surface area contributed by atoms with Crippen LogP contribution < -0.4 is 0 Å². The van der Waals surface area contributed by atoms with Gasteiger partial charge in [0.15, 0.2) is 5.82 Å². The van der Waals surface area contributed by atoms with Crippen molar-refractivity contribution in [1.82, 2.24) is 14.5 Å². The zero-order valence-corrected chi connectivity index (χ0v) is 38.0. The highest BCUT2D eigenvalue weighted by Gasteiger charge is 2.52. The first-order valence-corrected chi connectivity index (χ1v) is 24.1. The van der Waals surface area contributed by atoms with Crippen LogP contribution in [0.4, 0.5) is 0 Å². The van der Waals surface area contributed by atoms with Gasteiger partial charge in [-0.3, -0.25) is 0 Å². The van der Waals surface area contributed by atoms with Gasteiger partial charge in [-0.15, -0.1) is 0 Å². The van der Waals surface area contributed by atoms with Gasteiger partial charge < -0.3 is 4.57 Å². The van der Waals surface area contributed by atoms with Gasteiger partial charge in [-0.1, -0.05) is 206 Å². The summed E-state index contributed by atoms with van der Waals surface area (Å²) in [6.45, 7) is 0. The summed E-state index contributed by atoms with van der Waals surface area (Å²) < 4.78 is 2.42. The van der Waals surface area contributed by atoms with Gasteiger partial charge in [0, 0.05) is 33.2 Å². The summed E-state index contributed by atoms with van der Waals surface area (Å²) >= 11 is 0. The number of fused-ring (bicyclic) bond motifs is 16. The highest BCUT2D eigenvalue weighted by atomic mass is 15.0. The molecule has 0 atom stereocenters. The SMILES string of the molecule is c1ccc(-c2cc(-c3cccc4c3-c3ccccc3C43c4ccccc4-c4ccccc43)nc(-c3cc(-c4cc5ccccc5c5ccccc45)cc(-n4c5ccccc5c5ccccc54)c3)n2)cc1. The van der Waals surface area contributed by atoms with E-state index < -0.39 is 5.41 Å². The van der Waals surface area contributed by atoms with E-state index in [-0.39, 0.29) is 0 Å². The van der Waals surface area contributed by atoms with Crippen molar-refractivity contribution in [2.45, 2.75) is 5.41 Å². The van der Waals surface area contributed by atoms with E-state index in [9.17, 15) is 0 Å². The molecule has 70 heavy (non-hydrogen) atoms. The standard InChI is InChI=1S/C67H41N3/c1-2-19-42(20-3-1)61-41-62(55-30-18-34-60-65(55)54-29-10-15-33-59(54)67(60)57-31-13-8-25-50(57)51-26-9-14-32-58(51)67)69-66(68-61)45-37-44(56-40-43-21-4-5-22-47(43)48-23-6-7-24-49(48)56)38-46(39-45)70-63-35-16-11-27-52(63)53-28-12-17-36-64(53)70/h1-41H. The minimum atomic E-state index is -0.471. The molecule has 0 N–H and O–H groups in total. The summed E-state index contributed by atoms with van der Waals surface area (Å²) in [5.74, 6) is 0.667. The summed E-state index contributed by atoms with van der Waals surface area (Å²) in [5.41, 5.74) is 20.2. The average Bonchev–Trinajstić information content (AvgIpc) is 4.06. The Morgan fingerprint density at radius 2 is 0.814 bits per heavy atom. The maximum absolute atomic E-state index is 5.73. The fourth-order valence-electron chi connectivity index (χ4n) is 12.3. The van der Waals surface area contributed by atoms with Gasteiger partial charge in [-0.25, -0.2) is 9.97 Å². The average molecular weight is 888 g/mol. The Bertz CT molecular complexity index is 4210. The van der Waals surface area contributed by atoms with Gasteiger partial charge in [-0.05, 0) is 120 Å². The minimum Gasteiger partial charge on any atom is -0.309 e. The van der Waals surface area contributed by atoms with Crippen LogP contribution in [0.2, 0.25) is 0 Å². The second kappa shape index (κ2) is 14.9. The smallest absolute Gasteiger partial charge is 0.160 e. The molecule has 0 amide bonds. The highest BCUT2D eigenvalue weighted by molar-refractivity contribution is 6.14. The first-order valence-electron chi connectivity index (χ1n) is 24.1. The van der Waals surface area contributed by atoms with Crippen molar-refractivity contribution in [3.05, 3.63) is 271 Å². The van der Waals surface area contributed by atoms with E-state index >= 15 is 0 Å². The number of hydrogen-bond donors (Lipinski definition) is 0. The second-order valence-electron chi connectivity index (χ2n) is 18.8. The Balaban J connectivity index is 1.02. The molecule has 324 valence electrons. The van der Waals surface area contributed by atoms with Gasteiger partial charge in [0.05, 0.1) is 27.8 Å². The first kappa shape index (κ1) is 38.9. The van der Waals surface area contributed by atoms with Crippen LogP contribution in [0, 0.1) is 0 Å². The van der Waals surface area contributed by atoms with E-state index in [1.807, 2.05) is 0 Å².